The van der Waals surface area contributed by atoms with Crippen molar-refractivity contribution in [3.63, 3.8) is 0 Å². The molecule has 14 heteroatoms. The highest BCUT2D eigenvalue weighted by Gasteiger charge is 2.36. The second kappa shape index (κ2) is 14.3. The summed E-state index contributed by atoms with van der Waals surface area (Å²) in [5.41, 5.74) is -0.251. The van der Waals surface area contributed by atoms with Gasteiger partial charge in [-0.1, -0.05) is 43.3 Å². The van der Waals surface area contributed by atoms with Crippen LogP contribution in [0.4, 0.5) is 19.3 Å². The maximum Gasteiger partial charge on any atom is 0.412 e. The minimum absolute atomic E-state index is 0.0342. The maximum absolute atomic E-state index is 13.3. The zero-order valence-electron chi connectivity index (χ0n) is 21.7. The van der Waals surface area contributed by atoms with Crippen molar-refractivity contribution in [1.82, 2.24) is 20.2 Å². The lowest BCUT2D eigenvalue weighted by atomic mass is 9.88. The number of carbonyl (C=O) groups excluding carboxylic acids is 3. The fraction of sp³-hybridized carbons (Fsp3) is 0.346. The van der Waals surface area contributed by atoms with Gasteiger partial charge in [-0.15, -0.1) is 11.3 Å². The Morgan fingerprint density at radius 3 is 2.50 bits per heavy atom. The summed E-state index contributed by atoms with van der Waals surface area (Å²) in [5, 5.41) is 19.1. The molecule has 0 aliphatic carbocycles. The summed E-state index contributed by atoms with van der Waals surface area (Å²) in [7, 11) is 1.25. The summed E-state index contributed by atoms with van der Waals surface area (Å²) in [4.78, 5) is 55.3. The summed E-state index contributed by atoms with van der Waals surface area (Å²) in [5.74, 6) is -4.37. The molecule has 214 valence electrons. The normalized spacial score (nSPS) is 13.2. The average molecular weight is 578 g/mol. The van der Waals surface area contributed by atoms with E-state index in [4.69, 9.17) is 4.74 Å². The highest BCUT2D eigenvalue weighted by molar-refractivity contribution is 7.13. The summed E-state index contributed by atoms with van der Waals surface area (Å²) in [6, 6.07) is 12.3. The zero-order chi connectivity index (χ0) is 29.2. The number of carbonyl (C=O) groups is 3. The lowest BCUT2D eigenvalue weighted by Gasteiger charge is -2.26. The fourth-order valence-corrected chi connectivity index (χ4v) is 4.56. The Hall–Kier alpha value is -4.17. The molecule has 3 aromatic rings. The number of alkyl halides is 2. The molecule has 0 aliphatic heterocycles. The minimum atomic E-state index is -2.87. The van der Waals surface area contributed by atoms with Crippen molar-refractivity contribution < 1.29 is 33.0 Å². The number of nitrogens with one attached hydrogen (secondary N) is 3. The van der Waals surface area contributed by atoms with Gasteiger partial charge in [-0.25, -0.2) is 18.6 Å². The van der Waals surface area contributed by atoms with Crippen molar-refractivity contribution in [2.24, 2.45) is 11.8 Å². The monoisotopic (exact) mass is 577 g/mol. The van der Waals surface area contributed by atoms with Gasteiger partial charge in [-0.05, 0) is 17.0 Å². The predicted octanol–water partition coefficient (Wildman–Crippen LogP) is 2.46. The number of halogens is 2. The third kappa shape index (κ3) is 7.93. The third-order valence-corrected chi connectivity index (χ3v) is 6.84. The van der Waals surface area contributed by atoms with Gasteiger partial charge in [0, 0.05) is 19.5 Å². The number of anilines is 1. The Morgan fingerprint density at radius 1 is 1.15 bits per heavy atom. The van der Waals surface area contributed by atoms with Crippen LogP contribution in [0.25, 0.3) is 10.7 Å². The van der Waals surface area contributed by atoms with Gasteiger partial charge >= 0.3 is 6.09 Å². The maximum atomic E-state index is 13.3. The van der Waals surface area contributed by atoms with E-state index in [1.54, 1.807) is 41.8 Å². The molecule has 0 fully saturated rings. The van der Waals surface area contributed by atoms with E-state index in [2.05, 4.69) is 20.9 Å². The number of rotatable bonds is 12. The van der Waals surface area contributed by atoms with Gasteiger partial charge in [0.15, 0.2) is 5.82 Å². The molecule has 0 bridgehead atoms. The van der Waals surface area contributed by atoms with Gasteiger partial charge in [0.05, 0.1) is 23.1 Å². The molecule has 11 nitrogen and oxygen atoms in total. The van der Waals surface area contributed by atoms with E-state index in [-0.39, 0.29) is 18.1 Å². The number of hydrogen-bond donors (Lipinski definition) is 4. The fourth-order valence-electron chi connectivity index (χ4n) is 3.83. The lowest BCUT2D eigenvalue weighted by Crippen LogP contribution is -2.47. The Morgan fingerprint density at radius 2 is 1.88 bits per heavy atom. The van der Waals surface area contributed by atoms with Crippen molar-refractivity contribution in [3.05, 3.63) is 70.0 Å². The van der Waals surface area contributed by atoms with E-state index >= 15 is 0 Å². The first-order chi connectivity index (χ1) is 19.1. The van der Waals surface area contributed by atoms with Crippen LogP contribution in [0.5, 0.6) is 0 Å². The second-order valence-electron chi connectivity index (χ2n) is 8.76. The molecule has 0 saturated heterocycles. The van der Waals surface area contributed by atoms with E-state index < -0.39 is 60.9 Å². The van der Waals surface area contributed by atoms with Crippen LogP contribution in [0.3, 0.4) is 0 Å². The molecule has 3 amide bonds. The van der Waals surface area contributed by atoms with Gasteiger partial charge < -0.3 is 20.5 Å². The number of aromatic nitrogens is 2. The van der Waals surface area contributed by atoms with E-state index in [9.17, 15) is 33.1 Å². The topological polar surface area (TPSA) is 152 Å². The van der Waals surface area contributed by atoms with Crippen LogP contribution in [-0.4, -0.2) is 58.7 Å². The molecule has 0 radical (unpaired) electrons. The number of benzene rings is 1. The van der Waals surface area contributed by atoms with Gasteiger partial charge in [0.2, 0.25) is 18.2 Å². The first kappa shape index (κ1) is 30.4. The van der Waals surface area contributed by atoms with Gasteiger partial charge in [-0.2, -0.15) is 0 Å². The molecular weight excluding hydrogens is 548 g/mol. The van der Waals surface area contributed by atoms with Crippen molar-refractivity contribution in [2.45, 2.75) is 32.6 Å². The highest BCUT2D eigenvalue weighted by atomic mass is 32.1. The lowest BCUT2D eigenvalue weighted by molar-refractivity contribution is -0.134. The molecule has 3 unspecified atom stereocenters. The first-order valence-electron chi connectivity index (χ1n) is 12.2. The Bertz CT molecular complexity index is 1350. The van der Waals surface area contributed by atoms with E-state index in [1.165, 1.54) is 18.4 Å². The van der Waals surface area contributed by atoms with Crippen molar-refractivity contribution in [2.75, 3.05) is 18.9 Å². The summed E-state index contributed by atoms with van der Waals surface area (Å²) >= 11 is 1.26. The van der Waals surface area contributed by atoms with Crippen LogP contribution in [0.2, 0.25) is 0 Å². The average Bonchev–Trinajstić information content (AvgIpc) is 3.48. The Kier molecular flexibility index (Phi) is 10.8. The Labute approximate surface area is 232 Å². The summed E-state index contributed by atoms with van der Waals surface area (Å²) in [6.45, 7) is -0.00527. The van der Waals surface area contributed by atoms with E-state index in [1.807, 2.05) is 6.07 Å². The highest BCUT2D eigenvalue weighted by Crippen LogP contribution is 2.24. The number of amides is 3. The number of aliphatic hydroxyl groups is 1. The number of hydrogen-bond acceptors (Lipinski definition) is 8. The van der Waals surface area contributed by atoms with Gasteiger partial charge in [-0.3, -0.25) is 24.3 Å². The standard InChI is InChI=1S/C26H29F2N5O6S/c1-15(22(27)28)21(24(36)29-2)18(34)12-30-20(35)13-33-23(19-9-6-10-40-19)31-11-17(25(33)37)32-26(38)39-14-16-7-4-3-5-8-16/h3-11,15,18,21-22,34H,12-14H2,1-2H3,(H,29,36)(H,30,35)(H,32,38). The third-order valence-electron chi connectivity index (χ3n) is 5.98. The minimum Gasteiger partial charge on any atom is -0.444 e. The molecule has 3 atom stereocenters. The Balaban J connectivity index is 1.75. The van der Waals surface area contributed by atoms with Crippen LogP contribution in [0, 0.1) is 11.8 Å². The molecular formula is C26H29F2N5O6S. The summed E-state index contributed by atoms with van der Waals surface area (Å²) < 4.78 is 32.7. The largest absolute Gasteiger partial charge is 0.444 e. The molecule has 0 aliphatic rings. The number of ether oxygens (including phenoxy) is 1. The molecule has 0 saturated carbocycles. The summed E-state index contributed by atoms with van der Waals surface area (Å²) in [6.07, 6.45) is -4.25. The molecule has 4 N–H and O–H groups in total. The van der Waals surface area contributed by atoms with E-state index in [0.29, 0.717) is 4.88 Å². The quantitative estimate of drug-likeness (QED) is 0.258. The van der Waals surface area contributed by atoms with Crippen LogP contribution in [0.15, 0.2) is 58.8 Å². The van der Waals surface area contributed by atoms with Gasteiger partial charge in [0.1, 0.15) is 18.8 Å². The predicted molar refractivity (Wildman–Crippen MR) is 144 cm³/mol. The molecule has 3 rings (SSSR count). The van der Waals surface area contributed by atoms with Crippen LogP contribution < -0.4 is 21.5 Å². The van der Waals surface area contributed by atoms with Crippen molar-refractivity contribution in [3.8, 4) is 10.7 Å². The van der Waals surface area contributed by atoms with Crippen LogP contribution >= 0.6 is 11.3 Å². The van der Waals surface area contributed by atoms with Crippen LogP contribution in [0.1, 0.15) is 12.5 Å². The second-order valence-corrected chi connectivity index (χ2v) is 9.70. The van der Waals surface area contributed by atoms with Crippen LogP contribution in [-0.2, 0) is 27.5 Å². The van der Waals surface area contributed by atoms with Gasteiger partial charge in [0.25, 0.3) is 5.56 Å². The number of nitrogens with zero attached hydrogens (tertiary/aromatic N) is 2. The van der Waals surface area contributed by atoms with E-state index in [0.717, 1.165) is 23.3 Å². The molecule has 0 spiro atoms. The zero-order valence-corrected chi connectivity index (χ0v) is 22.5. The first-order valence-corrected chi connectivity index (χ1v) is 13.1. The van der Waals surface area contributed by atoms with Crippen molar-refractivity contribution in [1.29, 1.82) is 0 Å². The smallest absolute Gasteiger partial charge is 0.412 e. The molecule has 2 aromatic heterocycles. The molecule has 1 aromatic carbocycles. The number of aliphatic hydroxyl groups excluding tert-OH is 1. The van der Waals surface area contributed by atoms with Crippen molar-refractivity contribution >= 4 is 34.9 Å². The molecule has 2 heterocycles. The SMILES string of the molecule is CNC(=O)C(C(O)CNC(=O)Cn1c(-c2cccs2)ncc(NC(=O)OCc2ccccc2)c1=O)C(C)C(F)F. The molecule has 40 heavy (non-hydrogen) atoms. The number of thiophene rings is 1.